The minimum absolute atomic E-state index is 0.267. The minimum atomic E-state index is -0.430. The fourth-order valence-electron chi connectivity index (χ4n) is 3.78. The van der Waals surface area contributed by atoms with Gasteiger partial charge in [-0.25, -0.2) is 0 Å². The highest BCUT2D eigenvalue weighted by Gasteiger charge is 2.27. The zero-order chi connectivity index (χ0) is 15.5. The molecule has 2 N–H and O–H groups in total. The van der Waals surface area contributed by atoms with Gasteiger partial charge in [0.15, 0.2) is 0 Å². The Balaban J connectivity index is 1.47. The van der Waals surface area contributed by atoms with Crippen molar-refractivity contribution in [3.8, 4) is 5.75 Å². The van der Waals surface area contributed by atoms with Crippen LogP contribution in [0.3, 0.4) is 0 Å². The van der Waals surface area contributed by atoms with Crippen LogP contribution in [0, 0.1) is 0 Å². The Morgan fingerprint density at radius 1 is 1.23 bits per heavy atom. The first-order chi connectivity index (χ1) is 10.6. The van der Waals surface area contributed by atoms with Crippen LogP contribution in [0.15, 0.2) is 18.2 Å². The second-order valence-electron chi connectivity index (χ2n) is 6.87. The van der Waals surface area contributed by atoms with Gasteiger partial charge >= 0.3 is 0 Å². The molecule has 1 aromatic carbocycles. The highest BCUT2D eigenvalue weighted by molar-refractivity contribution is 5.38. The van der Waals surface area contributed by atoms with Crippen LogP contribution < -0.4 is 9.64 Å². The lowest BCUT2D eigenvalue weighted by molar-refractivity contribution is -0.918. The molecule has 1 fully saturated rings. The number of fused-ring (bicyclic) bond motifs is 1. The first kappa shape index (κ1) is 15.8. The zero-order valence-electron chi connectivity index (χ0n) is 13.7. The summed E-state index contributed by atoms with van der Waals surface area (Å²) in [7, 11) is 0. The van der Waals surface area contributed by atoms with Gasteiger partial charge in [-0.05, 0) is 56.4 Å². The summed E-state index contributed by atoms with van der Waals surface area (Å²) in [6.45, 7) is 7.21. The van der Waals surface area contributed by atoms with Crippen LogP contribution in [0.1, 0.15) is 31.4 Å². The molecule has 1 heterocycles. The lowest BCUT2D eigenvalue weighted by Gasteiger charge is -2.33. The number of hydrogen-bond acceptors (Lipinski definition) is 3. The summed E-state index contributed by atoms with van der Waals surface area (Å²) in [6, 6.07) is 6.34. The van der Waals surface area contributed by atoms with Crippen molar-refractivity contribution < 1.29 is 19.5 Å². The first-order valence-electron chi connectivity index (χ1n) is 8.52. The van der Waals surface area contributed by atoms with Crippen LogP contribution in [-0.4, -0.2) is 49.7 Å². The minimum Gasteiger partial charge on any atom is -0.491 e. The third-order valence-corrected chi connectivity index (χ3v) is 4.65. The fraction of sp³-hybridized carbons (Fsp3) is 0.667. The normalized spacial score (nSPS) is 29.1. The molecule has 2 aliphatic rings. The molecule has 0 bridgehead atoms. The smallest absolute Gasteiger partial charge is 0.137 e. The molecule has 22 heavy (non-hydrogen) atoms. The summed E-state index contributed by atoms with van der Waals surface area (Å²) < 4.78 is 11.5. The van der Waals surface area contributed by atoms with E-state index in [1.807, 2.05) is 6.07 Å². The van der Waals surface area contributed by atoms with E-state index in [1.165, 1.54) is 28.9 Å². The molecule has 1 aliphatic carbocycles. The van der Waals surface area contributed by atoms with Gasteiger partial charge in [-0.1, -0.05) is 6.07 Å². The molecule has 122 valence electrons. The lowest BCUT2D eigenvalue weighted by atomic mass is 10.1. The average molecular weight is 306 g/mol. The van der Waals surface area contributed by atoms with Crippen LogP contribution in [0.2, 0.25) is 0 Å². The molecule has 1 aliphatic heterocycles. The van der Waals surface area contributed by atoms with Crippen molar-refractivity contribution in [2.24, 2.45) is 0 Å². The van der Waals surface area contributed by atoms with E-state index < -0.39 is 6.10 Å². The number of quaternary nitrogens is 1. The number of aryl methyl sites for hydroxylation is 2. The monoisotopic (exact) mass is 306 g/mol. The fourth-order valence-corrected chi connectivity index (χ4v) is 3.78. The summed E-state index contributed by atoms with van der Waals surface area (Å²) in [5, 5.41) is 10.2. The van der Waals surface area contributed by atoms with Gasteiger partial charge in [-0.2, -0.15) is 0 Å². The molecule has 0 radical (unpaired) electrons. The molecular formula is C18H28NO3+. The van der Waals surface area contributed by atoms with Gasteiger partial charge in [0.2, 0.25) is 0 Å². The van der Waals surface area contributed by atoms with Crippen molar-refractivity contribution in [1.82, 2.24) is 0 Å². The van der Waals surface area contributed by atoms with Crippen molar-refractivity contribution in [3.05, 3.63) is 29.3 Å². The van der Waals surface area contributed by atoms with Crippen molar-refractivity contribution >= 4 is 0 Å². The van der Waals surface area contributed by atoms with Crippen LogP contribution in [0.4, 0.5) is 0 Å². The van der Waals surface area contributed by atoms with Gasteiger partial charge in [0.05, 0.1) is 0 Å². The van der Waals surface area contributed by atoms with Crippen LogP contribution in [-0.2, 0) is 17.6 Å². The largest absolute Gasteiger partial charge is 0.491 e. The predicted molar refractivity (Wildman–Crippen MR) is 85.5 cm³/mol. The maximum Gasteiger partial charge on any atom is 0.137 e. The first-order valence-corrected chi connectivity index (χ1v) is 8.52. The Labute approximate surface area is 133 Å². The van der Waals surface area contributed by atoms with Crippen molar-refractivity contribution in [3.63, 3.8) is 0 Å². The second-order valence-corrected chi connectivity index (χ2v) is 6.87. The number of aliphatic hydroxyl groups is 1. The quantitative estimate of drug-likeness (QED) is 0.837. The third kappa shape index (κ3) is 4.00. The van der Waals surface area contributed by atoms with E-state index in [0.717, 1.165) is 31.8 Å². The molecule has 4 heteroatoms. The number of morpholine rings is 1. The predicted octanol–water partition coefficient (Wildman–Crippen LogP) is 0.607. The Hall–Kier alpha value is -1.10. The number of ether oxygens (including phenoxy) is 2. The van der Waals surface area contributed by atoms with Gasteiger partial charge in [-0.15, -0.1) is 0 Å². The number of nitrogens with one attached hydrogen (secondary N) is 1. The number of rotatable bonds is 5. The summed E-state index contributed by atoms with van der Waals surface area (Å²) >= 11 is 0. The molecular weight excluding hydrogens is 278 g/mol. The molecule has 1 aromatic rings. The maximum absolute atomic E-state index is 10.2. The Morgan fingerprint density at radius 2 is 1.95 bits per heavy atom. The van der Waals surface area contributed by atoms with Gasteiger partial charge in [0.25, 0.3) is 0 Å². The maximum atomic E-state index is 10.2. The Kier molecular flexibility index (Phi) is 5.01. The molecule has 0 aromatic heterocycles. The summed E-state index contributed by atoms with van der Waals surface area (Å²) in [6.07, 6.45) is 3.70. The summed E-state index contributed by atoms with van der Waals surface area (Å²) in [5.41, 5.74) is 2.86. The molecule has 0 unspecified atom stereocenters. The van der Waals surface area contributed by atoms with Crippen LogP contribution >= 0.6 is 0 Å². The van der Waals surface area contributed by atoms with Crippen molar-refractivity contribution in [2.75, 3.05) is 26.2 Å². The SMILES string of the molecule is C[C@@H]1C[NH+](C[C@H](O)COc2ccc3c(c2)CCC3)C[C@@H](C)O1. The molecule has 0 amide bonds. The van der Waals surface area contributed by atoms with E-state index in [-0.39, 0.29) is 12.2 Å². The van der Waals surface area contributed by atoms with Crippen molar-refractivity contribution in [1.29, 1.82) is 0 Å². The molecule has 3 atom stereocenters. The van der Waals surface area contributed by atoms with Crippen molar-refractivity contribution in [2.45, 2.75) is 51.4 Å². The van der Waals surface area contributed by atoms with E-state index in [9.17, 15) is 5.11 Å². The van der Waals surface area contributed by atoms with Gasteiger partial charge in [-0.3, -0.25) is 0 Å². The highest BCUT2D eigenvalue weighted by atomic mass is 16.5. The number of benzene rings is 1. The summed E-state index contributed by atoms with van der Waals surface area (Å²) in [4.78, 5) is 1.40. The molecule has 0 saturated carbocycles. The number of aliphatic hydroxyl groups excluding tert-OH is 1. The van der Waals surface area contributed by atoms with E-state index in [4.69, 9.17) is 9.47 Å². The topological polar surface area (TPSA) is 43.1 Å². The molecule has 1 saturated heterocycles. The zero-order valence-corrected chi connectivity index (χ0v) is 13.7. The Morgan fingerprint density at radius 3 is 2.73 bits per heavy atom. The lowest BCUT2D eigenvalue weighted by Crippen LogP contribution is -3.16. The van der Waals surface area contributed by atoms with Gasteiger partial charge in [0, 0.05) is 0 Å². The van der Waals surface area contributed by atoms with Gasteiger partial charge in [0.1, 0.15) is 50.3 Å². The molecule has 4 nitrogen and oxygen atoms in total. The van der Waals surface area contributed by atoms with Crippen LogP contribution in [0.5, 0.6) is 5.75 Å². The molecule has 3 rings (SSSR count). The van der Waals surface area contributed by atoms with E-state index in [0.29, 0.717) is 6.61 Å². The van der Waals surface area contributed by atoms with Crippen LogP contribution in [0.25, 0.3) is 0 Å². The van der Waals surface area contributed by atoms with E-state index >= 15 is 0 Å². The van der Waals surface area contributed by atoms with Gasteiger partial charge < -0.3 is 19.5 Å². The Bertz CT molecular complexity index is 495. The highest BCUT2D eigenvalue weighted by Crippen LogP contribution is 2.25. The third-order valence-electron chi connectivity index (χ3n) is 4.65. The van der Waals surface area contributed by atoms with E-state index in [1.54, 1.807) is 0 Å². The number of hydrogen-bond donors (Lipinski definition) is 2. The molecule has 0 spiro atoms. The average Bonchev–Trinajstić information content (AvgIpc) is 2.91. The summed E-state index contributed by atoms with van der Waals surface area (Å²) in [5.74, 6) is 0.887. The standard InChI is InChI=1S/C18H27NO3/c1-13-9-19(10-14(2)22-13)11-17(20)12-21-18-7-6-15-4-3-5-16(15)8-18/h6-8,13-14,17,20H,3-5,9-12H2,1-2H3/p+1/t13-,14-,17+/m1/s1. The second kappa shape index (κ2) is 6.99. The van der Waals surface area contributed by atoms with E-state index in [2.05, 4.69) is 26.0 Å².